The molecule has 4 heteroatoms. The van der Waals surface area contributed by atoms with E-state index < -0.39 is 0 Å². The predicted octanol–water partition coefficient (Wildman–Crippen LogP) is 6.58. The van der Waals surface area contributed by atoms with Gasteiger partial charge < -0.3 is 9.64 Å². The number of ether oxygens (including phenoxy) is 1. The standard InChI is InChI=1S/C24H27N3O/c1-14-8-18(24(5,6)7)9-15(2)21(14)27-19-12-25-10-16(3)22(19)28-23-17(4)11-26-13-20(23)27/h8-13H,1-7H3. The fourth-order valence-electron chi connectivity index (χ4n) is 3.88. The Kier molecular flexibility index (Phi) is 4.18. The molecule has 0 atom stereocenters. The smallest absolute Gasteiger partial charge is 0.157 e. The van der Waals surface area contributed by atoms with Gasteiger partial charge in [-0.25, -0.2) is 0 Å². The van der Waals surface area contributed by atoms with E-state index in [-0.39, 0.29) is 5.41 Å². The summed E-state index contributed by atoms with van der Waals surface area (Å²) in [6.07, 6.45) is 7.45. The second-order valence-corrected chi connectivity index (χ2v) is 8.76. The number of fused-ring (bicyclic) bond motifs is 2. The summed E-state index contributed by atoms with van der Waals surface area (Å²) >= 11 is 0. The summed E-state index contributed by atoms with van der Waals surface area (Å²) in [7, 11) is 0. The third-order valence-corrected chi connectivity index (χ3v) is 5.38. The van der Waals surface area contributed by atoms with Gasteiger partial charge in [-0.1, -0.05) is 32.9 Å². The van der Waals surface area contributed by atoms with Crippen LogP contribution in [0.25, 0.3) is 0 Å². The Balaban J connectivity index is 2.02. The molecule has 0 unspecified atom stereocenters. The topological polar surface area (TPSA) is 38.3 Å². The van der Waals surface area contributed by atoms with Crippen LogP contribution in [-0.4, -0.2) is 9.97 Å². The lowest BCUT2D eigenvalue weighted by Crippen LogP contribution is -2.20. The van der Waals surface area contributed by atoms with Crippen molar-refractivity contribution in [2.24, 2.45) is 0 Å². The molecule has 3 heterocycles. The van der Waals surface area contributed by atoms with Gasteiger partial charge in [0.25, 0.3) is 0 Å². The van der Waals surface area contributed by atoms with Crippen molar-refractivity contribution in [3.05, 3.63) is 64.7 Å². The normalized spacial score (nSPS) is 13.0. The van der Waals surface area contributed by atoms with Gasteiger partial charge >= 0.3 is 0 Å². The van der Waals surface area contributed by atoms with Gasteiger partial charge in [0.15, 0.2) is 11.5 Å². The Morgan fingerprint density at radius 1 is 0.714 bits per heavy atom. The fourth-order valence-corrected chi connectivity index (χ4v) is 3.88. The number of rotatable bonds is 1. The van der Waals surface area contributed by atoms with Crippen LogP contribution in [0.1, 0.15) is 48.6 Å². The van der Waals surface area contributed by atoms with E-state index in [9.17, 15) is 0 Å². The maximum absolute atomic E-state index is 6.33. The summed E-state index contributed by atoms with van der Waals surface area (Å²) in [5.41, 5.74) is 9.01. The first-order valence-corrected chi connectivity index (χ1v) is 9.67. The molecule has 3 aromatic rings. The first-order valence-electron chi connectivity index (χ1n) is 9.67. The van der Waals surface area contributed by atoms with Crippen LogP contribution in [0.15, 0.2) is 36.9 Å². The van der Waals surface area contributed by atoms with Crippen molar-refractivity contribution >= 4 is 17.1 Å². The highest BCUT2D eigenvalue weighted by Gasteiger charge is 2.31. The van der Waals surface area contributed by atoms with Crippen LogP contribution < -0.4 is 9.64 Å². The van der Waals surface area contributed by atoms with Crippen LogP contribution in [0.5, 0.6) is 11.5 Å². The number of hydrogen-bond acceptors (Lipinski definition) is 4. The molecule has 4 rings (SSSR count). The van der Waals surface area contributed by atoms with Crippen molar-refractivity contribution in [1.82, 2.24) is 9.97 Å². The highest BCUT2D eigenvalue weighted by atomic mass is 16.5. The Labute approximate surface area is 167 Å². The summed E-state index contributed by atoms with van der Waals surface area (Å²) in [4.78, 5) is 11.1. The Bertz CT molecular complexity index is 1010. The zero-order valence-electron chi connectivity index (χ0n) is 17.7. The maximum atomic E-state index is 6.33. The van der Waals surface area contributed by atoms with Gasteiger partial charge in [-0.15, -0.1) is 0 Å². The highest BCUT2D eigenvalue weighted by Crippen LogP contribution is 2.53. The Morgan fingerprint density at radius 3 is 1.61 bits per heavy atom. The third kappa shape index (κ3) is 2.84. The molecule has 1 aliphatic heterocycles. The van der Waals surface area contributed by atoms with E-state index in [1.165, 1.54) is 22.4 Å². The molecule has 4 nitrogen and oxygen atoms in total. The lowest BCUT2D eigenvalue weighted by Gasteiger charge is -2.36. The van der Waals surface area contributed by atoms with Crippen molar-refractivity contribution in [3.8, 4) is 11.5 Å². The fraction of sp³-hybridized carbons (Fsp3) is 0.333. The molecule has 28 heavy (non-hydrogen) atoms. The first-order chi connectivity index (χ1) is 13.2. The van der Waals surface area contributed by atoms with Gasteiger partial charge in [-0.3, -0.25) is 9.97 Å². The quantitative estimate of drug-likeness (QED) is 0.377. The van der Waals surface area contributed by atoms with Crippen LogP contribution in [0.3, 0.4) is 0 Å². The molecule has 0 radical (unpaired) electrons. The van der Waals surface area contributed by atoms with E-state index >= 15 is 0 Å². The van der Waals surface area contributed by atoms with Gasteiger partial charge in [-0.2, -0.15) is 0 Å². The molecule has 0 saturated heterocycles. The lowest BCUT2D eigenvalue weighted by molar-refractivity contribution is 0.467. The van der Waals surface area contributed by atoms with Gasteiger partial charge in [-0.05, 0) is 49.8 Å². The number of anilines is 3. The average Bonchev–Trinajstić information content (AvgIpc) is 2.61. The molecule has 0 amide bonds. The van der Waals surface area contributed by atoms with E-state index in [1.807, 2.05) is 38.6 Å². The summed E-state index contributed by atoms with van der Waals surface area (Å²) < 4.78 is 6.33. The molecule has 0 bridgehead atoms. The monoisotopic (exact) mass is 373 g/mol. The van der Waals surface area contributed by atoms with E-state index in [1.54, 1.807) is 0 Å². The zero-order valence-corrected chi connectivity index (χ0v) is 17.7. The molecule has 1 aromatic carbocycles. The number of hydrogen-bond donors (Lipinski definition) is 0. The summed E-state index contributed by atoms with van der Waals surface area (Å²) in [5, 5.41) is 0. The van der Waals surface area contributed by atoms with Crippen LogP contribution >= 0.6 is 0 Å². The predicted molar refractivity (Wildman–Crippen MR) is 114 cm³/mol. The first kappa shape index (κ1) is 18.5. The molecule has 2 aromatic heterocycles. The van der Waals surface area contributed by atoms with E-state index in [0.29, 0.717) is 0 Å². The summed E-state index contributed by atoms with van der Waals surface area (Å²) in [6, 6.07) is 4.59. The largest absolute Gasteiger partial charge is 0.452 e. The average molecular weight is 374 g/mol. The van der Waals surface area contributed by atoms with Crippen molar-refractivity contribution in [2.75, 3.05) is 4.90 Å². The number of nitrogens with zero attached hydrogens (tertiary/aromatic N) is 3. The number of pyridine rings is 2. The number of aromatic nitrogens is 2. The van der Waals surface area contributed by atoms with Gasteiger partial charge in [0.1, 0.15) is 11.4 Å². The van der Waals surface area contributed by atoms with E-state index in [2.05, 4.69) is 61.6 Å². The minimum atomic E-state index is 0.102. The van der Waals surface area contributed by atoms with Gasteiger partial charge in [0.05, 0.1) is 18.1 Å². The van der Waals surface area contributed by atoms with Gasteiger partial charge in [0, 0.05) is 23.5 Å². The minimum absolute atomic E-state index is 0.102. The lowest BCUT2D eigenvalue weighted by atomic mass is 9.84. The van der Waals surface area contributed by atoms with Crippen LogP contribution in [0.2, 0.25) is 0 Å². The van der Waals surface area contributed by atoms with Gasteiger partial charge in [0.2, 0.25) is 0 Å². The Morgan fingerprint density at radius 2 is 1.18 bits per heavy atom. The number of aryl methyl sites for hydroxylation is 4. The van der Waals surface area contributed by atoms with Crippen molar-refractivity contribution < 1.29 is 4.74 Å². The molecule has 0 saturated carbocycles. The van der Waals surface area contributed by atoms with Crippen molar-refractivity contribution in [1.29, 1.82) is 0 Å². The SMILES string of the molecule is Cc1cncc2c1Oc1c(C)cncc1N2c1c(C)cc(C(C)(C)C)cc1C. The summed E-state index contributed by atoms with van der Waals surface area (Å²) in [5.74, 6) is 1.71. The van der Waals surface area contributed by atoms with E-state index in [0.717, 1.165) is 34.0 Å². The highest BCUT2D eigenvalue weighted by molar-refractivity contribution is 5.89. The second-order valence-electron chi connectivity index (χ2n) is 8.76. The zero-order chi connectivity index (χ0) is 20.2. The summed E-state index contributed by atoms with van der Waals surface area (Å²) in [6.45, 7) is 15.2. The molecule has 0 spiro atoms. The maximum Gasteiger partial charge on any atom is 0.157 e. The van der Waals surface area contributed by atoms with Crippen molar-refractivity contribution in [3.63, 3.8) is 0 Å². The molecule has 1 aliphatic rings. The van der Waals surface area contributed by atoms with Crippen LogP contribution in [-0.2, 0) is 5.41 Å². The molecule has 0 fully saturated rings. The second kappa shape index (κ2) is 6.33. The molecule has 144 valence electrons. The van der Waals surface area contributed by atoms with Crippen LogP contribution in [0.4, 0.5) is 17.1 Å². The van der Waals surface area contributed by atoms with Crippen molar-refractivity contribution in [2.45, 2.75) is 53.9 Å². The Hall–Kier alpha value is -2.88. The minimum Gasteiger partial charge on any atom is -0.452 e. The van der Waals surface area contributed by atoms with E-state index in [4.69, 9.17) is 4.74 Å². The molecular formula is C24H27N3O. The molecular weight excluding hydrogens is 346 g/mol. The third-order valence-electron chi connectivity index (χ3n) is 5.38. The molecule has 0 aliphatic carbocycles. The number of benzene rings is 1. The van der Waals surface area contributed by atoms with Crippen LogP contribution in [0, 0.1) is 27.7 Å². The molecule has 0 N–H and O–H groups in total.